The molecule has 4 aromatic rings. The van der Waals surface area contributed by atoms with E-state index in [-0.39, 0.29) is 16.4 Å². The molecule has 0 aliphatic carbocycles. The number of halogens is 1. The van der Waals surface area contributed by atoms with E-state index in [9.17, 15) is 13.2 Å². The summed E-state index contributed by atoms with van der Waals surface area (Å²) in [5, 5.41) is 2.47. The molecule has 136 valence electrons. The molecular weight excluding hydrogens is 454 g/mol. The van der Waals surface area contributed by atoms with Crippen molar-refractivity contribution in [1.29, 1.82) is 0 Å². The minimum Gasteiger partial charge on any atom is -0.423 e. The molecule has 0 bridgehead atoms. The van der Waals surface area contributed by atoms with Crippen molar-refractivity contribution in [2.75, 3.05) is 0 Å². The summed E-state index contributed by atoms with van der Waals surface area (Å²) in [6, 6.07) is 14.7. The highest BCUT2D eigenvalue weighted by molar-refractivity contribution is 9.10. The second kappa shape index (κ2) is 6.91. The fourth-order valence-corrected chi connectivity index (χ4v) is 4.63. The molecule has 0 saturated heterocycles. The largest absolute Gasteiger partial charge is 0.423 e. The van der Waals surface area contributed by atoms with Crippen LogP contribution in [0.1, 0.15) is 0 Å². The highest BCUT2D eigenvalue weighted by Crippen LogP contribution is 2.29. The van der Waals surface area contributed by atoms with Gasteiger partial charge in [-0.3, -0.25) is 0 Å². The molecule has 0 unspecified atom stereocenters. The lowest BCUT2D eigenvalue weighted by molar-refractivity contribution is 0.482. The number of rotatable bonds is 4. The summed E-state index contributed by atoms with van der Waals surface area (Å²) in [4.78, 5) is 15.5. The van der Waals surface area contributed by atoms with Crippen LogP contribution in [0.2, 0.25) is 0 Å². The second-order valence-electron chi connectivity index (χ2n) is 5.49. The highest BCUT2D eigenvalue weighted by Gasteiger charge is 2.21. The fraction of sp³-hybridized carbons (Fsp3) is 0. The van der Waals surface area contributed by atoms with Gasteiger partial charge in [0.2, 0.25) is 5.03 Å². The van der Waals surface area contributed by atoms with Gasteiger partial charge in [-0.25, -0.2) is 9.78 Å². The van der Waals surface area contributed by atoms with Gasteiger partial charge in [-0.05, 0) is 30.3 Å². The van der Waals surface area contributed by atoms with Crippen molar-refractivity contribution in [3.8, 4) is 16.3 Å². The Hall–Kier alpha value is -2.49. The first-order valence-corrected chi connectivity index (χ1v) is 10.7. The normalized spacial score (nSPS) is 11.6. The van der Waals surface area contributed by atoms with Gasteiger partial charge in [-0.2, -0.15) is 8.42 Å². The van der Waals surface area contributed by atoms with Gasteiger partial charge in [0.1, 0.15) is 16.3 Å². The molecule has 0 saturated carbocycles. The first kappa shape index (κ1) is 17.9. The smallest absolute Gasteiger partial charge is 0.357 e. The van der Waals surface area contributed by atoms with Crippen LogP contribution in [0, 0.1) is 0 Å². The lowest BCUT2D eigenvalue weighted by Crippen LogP contribution is -2.10. The Morgan fingerprint density at radius 2 is 1.78 bits per heavy atom. The van der Waals surface area contributed by atoms with Crippen molar-refractivity contribution in [2.24, 2.45) is 0 Å². The second-order valence-corrected chi connectivity index (χ2v) is 8.76. The van der Waals surface area contributed by atoms with Crippen LogP contribution in [0.5, 0.6) is 5.75 Å². The standard InChI is InChI=1S/C18H10BrNO5S2/c19-13-5-1-12(2-6-13)18-20-16(10-26-18)27(22,23)25-14-7-3-11-4-8-17(21)24-15(11)9-14/h1-10H. The first-order chi connectivity index (χ1) is 12.9. The highest BCUT2D eigenvalue weighted by atomic mass is 79.9. The number of benzene rings is 2. The van der Waals surface area contributed by atoms with Crippen LogP contribution in [0.3, 0.4) is 0 Å². The molecule has 0 spiro atoms. The summed E-state index contributed by atoms with van der Waals surface area (Å²) in [5.41, 5.74) is 0.516. The van der Waals surface area contributed by atoms with E-state index < -0.39 is 15.7 Å². The molecule has 0 N–H and O–H groups in total. The zero-order valence-electron chi connectivity index (χ0n) is 13.5. The summed E-state index contributed by atoms with van der Waals surface area (Å²) in [5.74, 6) is 0.0371. The van der Waals surface area contributed by atoms with Gasteiger partial charge >= 0.3 is 15.7 Å². The van der Waals surface area contributed by atoms with Gasteiger partial charge in [0.25, 0.3) is 0 Å². The molecule has 0 amide bonds. The van der Waals surface area contributed by atoms with E-state index in [1.807, 2.05) is 24.3 Å². The third-order valence-corrected chi connectivity index (χ3v) is 6.33. The first-order valence-electron chi connectivity index (χ1n) is 7.61. The zero-order chi connectivity index (χ0) is 19.0. The van der Waals surface area contributed by atoms with E-state index in [0.717, 1.165) is 10.0 Å². The summed E-state index contributed by atoms with van der Waals surface area (Å²) < 4.78 is 36.2. The number of fused-ring (bicyclic) bond motifs is 1. The molecule has 0 radical (unpaired) electrons. The van der Waals surface area contributed by atoms with Crippen LogP contribution < -0.4 is 9.81 Å². The molecule has 2 heterocycles. The molecule has 0 aliphatic heterocycles. The van der Waals surface area contributed by atoms with E-state index in [4.69, 9.17) is 8.60 Å². The van der Waals surface area contributed by atoms with E-state index in [2.05, 4.69) is 20.9 Å². The molecule has 2 aromatic heterocycles. The van der Waals surface area contributed by atoms with Crippen molar-refractivity contribution < 1.29 is 17.0 Å². The van der Waals surface area contributed by atoms with Gasteiger partial charge < -0.3 is 8.60 Å². The maximum absolute atomic E-state index is 12.5. The topological polar surface area (TPSA) is 86.5 Å². The monoisotopic (exact) mass is 463 g/mol. The van der Waals surface area contributed by atoms with Crippen LogP contribution in [0.15, 0.2) is 78.7 Å². The van der Waals surface area contributed by atoms with Crippen LogP contribution in [0.4, 0.5) is 0 Å². The van der Waals surface area contributed by atoms with Crippen LogP contribution in [0.25, 0.3) is 21.5 Å². The lowest BCUT2D eigenvalue weighted by Gasteiger charge is -2.05. The molecule has 6 nitrogen and oxygen atoms in total. The molecule has 0 atom stereocenters. The van der Waals surface area contributed by atoms with E-state index in [1.54, 1.807) is 12.1 Å². The minimum atomic E-state index is -4.12. The quantitative estimate of drug-likeness (QED) is 0.328. The summed E-state index contributed by atoms with van der Waals surface area (Å²) in [7, 11) is -4.12. The van der Waals surface area contributed by atoms with E-state index in [0.29, 0.717) is 10.4 Å². The number of nitrogens with zero attached hydrogens (tertiary/aromatic N) is 1. The predicted molar refractivity (Wildman–Crippen MR) is 106 cm³/mol. The molecule has 9 heteroatoms. The average Bonchev–Trinajstić information content (AvgIpc) is 3.13. The summed E-state index contributed by atoms with van der Waals surface area (Å²) in [6.07, 6.45) is 0. The maximum Gasteiger partial charge on any atom is 0.357 e. The molecule has 4 rings (SSSR count). The molecule has 0 aliphatic rings. The van der Waals surface area contributed by atoms with Crippen LogP contribution >= 0.6 is 27.3 Å². The van der Waals surface area contributed by atoms with E-state index >= 15 is 0 Å². The van der Waals surface area contributed by atoms with Crippen molar-refractivity contribution in [2.45, 2.75) is 5.03 Å². The Kier molecular flexibility index (Phi) is 4.58. The summed E-state index contributed by atoms with van der Waals surface area (Å²) >= 11 is 4.56. The van der Waals surface area contributed by atoms with Crippen molar-refractivity contribution in [3.63, 3.8) is 0 Å². The Morgan fingerprint density at radius 1 is 1.04 bits per heavy atom. The zero-order valence-corrected chi connectivity index (χ0v) is 16.7. The SMILES string of the molecule is O=c1ccc2ccc(OS(=O)(=O)c3csc(-c4ccc(Br)cc4)n3)cc2o1. The maximum atomic E-state index is 12.5. The number of hydrogen-bond donors (Lipinski definition) is 0. The molecular formula is C18H10BrNO5S2. The number of aromatic nitrogens is 1. The Labute approximate surface area is 166 Å². The van der Waals surface area contributed by atoms with E-state index in [1.165, 1.54) is 34.9 Å². The Bertz CT molecular complexity index is 1290. The van der Waals surface area contributed by atoms with Gasteiger partial charge in [0, 0.05) is 32.9 Å². The number of hydrogen-bond acceptors (Lipinski definition) is 7. The van der Waals surface area contributed by atoms with Crippen LogP contribution in [-0.2, 0) is 10.1 Å². The predicted octanol–water partition coefficient (Wildman–Crippen LogP) is 4.45. The lowest BCUT2D eigenvalue weighted by atomic mass is 10.2. The molecule has 0 fully saturated rings. The summed E-state index contributed by atoms with van der Waals surface area (Å²) in [6.45, 7) is 0. The Morgan fingerprint density at radius 3 is 2.56 bits per heavy atom. The molecule has 27 heavy (non-hydrogen) atoms. The van der Waals surface area contributed by atoms with Crippen molar-refractivity contribution in [3.05, 3.63) is 74.9 Å². The average molecular weight is 464 g/mol. The third kappa shape index (κ3) is 3.80. The van der Waals surface area contributed by atoms with Gasteiger partial charge in [-0.1, -0.05) is 28.1 Å². The van der Waals surface area contributed by atoms with Crippen molar-refractivity contribution in [1.82, 2.24) is 4.98 Å². The van der Waals surface area contributed by atoms with Crippen molar-refractivity contribution >= 4 is 48.4 Å². The fourth-order valence-electron chi connectivity index (χ4n) is 2.36. The molecule has 2 aromatic carbocycles. The van der Waals surface area contributed by atoms with Gasteiger partial charge in [-0.15, -0.1) is 11.3 Å². The van der Waals surface area contributed by atoms with Gasteiger partial charge in [0.15, 0.2) is 0 Å². The van der Waals surface area contributed by atoms with Gasteiger partial charge in [0.05, 0.1) is 0 Å². The van der Waals surface area contributed by atoms with Crippen LogP contribution in [-0.4, -0.2) is 13.4 Å². The number of thiazole rings is 1. The minimum absolute atomic E-state index is 0.0371. The Balaban J connectivity index is 1.64. The third-order valence-electron chi connectivity index (χ3n) is 3.63.